The van der Waals surface area contributed by atoms with Crippen LogP contribution in [0.5, 0.6) is 11.5 Å². The molecule has 29 heavy (non-hydrogen) atoms. The van der Waals surface area contributed by atoms with Gasteiger partial charge < -0.3 is 23.8 Å². The summed E-state index contributed by atoms with van der Waals surface area (Å²) in [5.74, 6) is 0.637. The van der Waals surface area contributed by atoms with Crippen LogP contribution < -0.4 is 9.47 Å². The molecule has 1 aliphatic rings. The van der Waals surface area contributed by atoms with Crippen LogP contribution in [0.15, 0.2) is 28.8 Å². The van der Waals surface area contributed by atoms with Gasteiger partial charge in [0.05, 0.1) is 7.11 Å². The zero-order valence-corrected chi connectivity index (χ0v) is 16.8. The van der Waals surface area contributed by atoms with E-state index in [-0.39, 0.29) is 29.9 Å². The molecule has 154 valence electrons. The Hall–Kier alpha value is -3.36. The van der Waals surface area contributed by atoms with E-state index < -0.39 is 6.04 Å². The maximum Gasteiger partial charge on any atom is 0.276 e. The number of carbonyl (C=O) groups excluding carboxylic acids is 3. The van der Waals surface area contributed by atoms with E-state index in [0.29, 0.717) is 35.9 Å². The van der Waals surface area contributed by atoms with Crippen molar-refractivity contribution in [1.29, 1.82) is 0 Å². The van der Waals surface area contributed by atoms with Crippen LogP contribution >= 0.6 is 0 Å². The van der Waals surface area contributed by atoms with Gasteiger partial charge in [-0.25, -0.2) is 0 Å². The van der Waals surface area contributed by atoms with E-state index in [4.69, 9.17) is 14.0 Å². The number of amides is 2. The standard InChI is InChI=1S/C20H23N3O6/c1-12-19(25)22(3)7-8-23(12)20(26)16-10-15(29-21-16)11-28-17-6-5-14(13(2)24)9-18(17)27-4/h5-6,9-10,12H,7-8,11H2,1-4H3/t12-/m0/s1. The summed E-state index contributed by atoms with van der Waals surface area (Å²) >= 11 is 0. The van der Waals surface area contributed by atoms with Crippen molar-refractivity contribution in [2.75, 3.05) is 27.2 Å². The van der Waals surface area contributed by atoms with Crippen LogP contribution in [0.25, 0.3) is 0 Å². The van der Waals surface area contributed by atoms with Gasteiger partial charge in [-0.2, -0.15) is 0 Å². The van der Waals surface area contributed by atoms with Gasteiger partial charge in [-0.3, -0.25) is 14.4 Å². The molecular weight excluding hydrogens is 378 g/mol. The zero-order valence-electron chi connectivity index (χ0n) is 16.8. The second-order valence-corrected chi connectivity index (χ2v) is 6.82. The molecule has 2 amide bonds. The molecule has 0 radical (unpaired) electrons. The second-order valence-electron chi connectivity index (χ2n) is 6.82. The first kappa shape index (κ1) is 20.4. The molecule has 2 aromatic rings. The minimum atomic E-state index is -0.554. The van der Waals surface area contributed by atoms with Gasteiger partial charge >= 0.3 is 0 Å². The molecular formula is C20H23N3O6. The van der Waals surface area contributed by atoms with E-state index >= 15 is 0 Å². The van der Waals surface area contributed by atoms with Crippen LogP contribution in [0.3, 0.4) is 0 Å². The number of hydrogen-bond acceptors (Lipinski definition) is 7. The lowest BCUT2D eigenvalue weighted by atomic mass is 10.1. The van der Waals surface area contributed by atoms with Crippen molar-refractivity contribution in [1.82, 2.24) is 15.0 Å². The molecule has 0 unspecified atom stereocenters. The Morgan fingerprint density at radius 1 is 1.24 bits per heavy atom. The number of hydrogen-bond donors (Lipinski definition) is 0. The van der Waals surface area contributed by atoms with Crippen molar-refractivity contribution < 1.29 is 28.4 Å². The molecule has 1 saturated heterocycles. The van der Waals surface area contributed by atoms with Crippen molar-refractivity contribution in [3.63, 3.8) is 0 Å². The molecule has 2 heterocycles. The molecule has 1 fully saturated rings. The van der Waals surface area contributed by atoms with E-state index in [9.17, 15) is 14.4 Å². The molecule has 9 heteroatoms. The molecule has 0 aliphatic carbocycles. The number of likely N-dealkylation sites (N-methyl/N-ethyl adjacent to an activating group) is 1. The Bertz CT molecular complexity index is 938. The van der Waals surface area contributed by atoms with Crippen molar-refractivity contribution in [2.24, 2.45) is 0 Å². The van der Waals surface area contributed by atoms with Crippen LogP contribution in [0.4, 0.5) is 0 Å². The number of rotatable bonds is 6. The molecule has 0 spiro atoms. The van der Waals surface area contributed by atoms with Gasteiger partial charge in [-0.05, 0) is 32.0 Å². The van der Waals surface area contributed by atoms with Crippen LogP contribution in [-0.4, -0.2) is 65.8 Å². The predicted molar refractivity (Wildman–Crippen MR) is 102 cm³/mol. The van der Waals surface area contributed by atoms with Crippen molar-refractivity contribution in [3.05, 3.63) is 41.3 Å². The normalized spacial score (nSPS) is 16.7. The lowest BCUT2D eigenvalue weighted by Gasteiger charge is -2.36. The summed E-state index contributed by atoms with van der Waals surface area (Å²) in [5.41, 5.74) is 0.629. The first-order valence-corrected chi connectivity index (χ1v) is 9.15. The number of nitrogens with zero attached hydrogens (tertiary/aromatic N) is 3. The van der Waals surface area contributed by atoms with Crippen LogP contribution in [0.2, 0.25) is 0 Å². The Morgan fingerprint density at radius 2 is 2.00 bits per heavy atom. The molecule has 0 bridgehead atoms. The van der Waals surface area contributed by atoms with Crippen molar-refractivity contribution in [2.45, 2.75) is 26.5 Å². The van der Waals surface area contributed by atoms with Gasteiger partial charge in [0.25, 0.3) is 5.91 Å². The first-order chi connectivity index (χ1) is 13.8. The molecule has 1 atom stereocenters. The van der Waals surface area contributed by atoms with E-state index in [1.165, 1.54) is 25.0 Å². The van der Waals surface area contributed by atoms with Gasteiger partial charge in [0.1, 0.15) is 12.6 Å². The average Bonchev–Trinajstić information content (AvgIpc) is 3.19. The van der Waals surface area contributed by atoms with Gasteiger partial charge in [0.2, 0.25) is 5.91 Å². The van der Waals surface area contributed by atoms with Crippen LogP contribution in [0.1, 0.15) is 40.5 Å². The number of ether oxygens (including phenoxy) is 2. The highest BCUT2D eigenvalue weighted by Crippen LogP contribution is 2.29. The van der Waals surface area contributed by atoms with Crippen LogP contribution in [-0.2, 0) is 11.4 Å². The Labute approximate surface area is 168 Å². The topological polar surface area (TPSA) is 102 Å². The molecule has 0 saturated carbocycles. The lowest BCUT2D eigenvalue weighted by molar-refractivity contribution is -0.137. The van der Waals surface area contributed by atoms with Crippen LogP contribution in [0, 0.1) is 0 Å². The fraction of sp³-hybridized carbons (Fsp3) is 0.400. The molecule has 1 aromatic carbocycles. The summed E-state index contributed by atoms with van der Waals surface area (Å²) in [5, 5.41) is 3.81. The maximum atomic E-state index is 12.7. The first-order valence-electron chi connectivity index (χ1n) is 9.15. The summed E-state index contributed by atoms with van der Waals surface area (Å²) in [6.07, 6.45) is 0. The third kappa shape index (κ3) is 4.23. The highest BCUT2D eigenvalue weighted by molar-refractivity contribution is 5.96. The molecule has 0 N–H and O–H groups in total. The average molecular weight is 401 g/mol. The minimum absolute atomic E-state index is 0.0211. The summed E-state index contributed by atoms with van der Waals surface area (Å²) in [6.45, 7) is 4.08. The van der Waals surface area contributed by atoms with Gasteiger partial charge in [-0.15, -0.1) is 0 Å². The number of Topliss-reactive ketones (excluding diaryl/α,β-unsaturated/α-hetero) is 1. The summed E-state index contributed by atoms with van der Waals surface area (Å²) in [7, 11) is 3.19. The van der Waals surface area contributed by atoms with E-state index in [2.05, 4.69) is 5.16 Å². The van der Waals surface area contributed by atoms with Crippen molar-refractivity contribution >= 4 is 17.6 Å². The highest BCUT2D eigenvalue weighted by Gasteiger charge is 2.34. The SMILES string of the molecule is COc1cc(C(C)=O)ccc1OCc1cc(C(=O)N2CCN(C)C(=O)[C@@H]2C)no1. The van der Waals surface area contributed by atoms with E-state index in [1.807, 2.05) is 0 Å². The summed E-state index contributed by atoms with van der Waals surface area (Å²) in [6, 6.07) is 5.81. The largest absolute Gasteiger partial charge is 0.493 e. The van der Waals surface area contributed by atoms with Gasteiger partial charge in [0, 0.05) is 31.8 Å². The Balaban J connectivity index is 1.67. The number of piperazine rings is 1. The lowest BCUT2D eigenvalue weighted by Crippen LogP contribution is -2.56. The fourth-order valence-corrected chi connectivity index (χ4v) is 3.07. The van der Waals surface area contributed by atoms with E-state index in [0.717, 1.165) is 0 Å². The number of methoxy groups -OCH3 is 1. The third-order valence-corrected chi connectivity index (χ3v) is 4.86. The monoisotopic (exact) mass is 401 g/mol. The summed E-state index contributed by atoms with van der Waals surface area (Å²) < 4.78 is 16.1. The molecule has 1 aromatic heterocycles. The molecule has 3 rings (SSSR count). The summed E-state index contributed by atoms with van der Waals surface area (Å²) in [4.78, 5) is 39.4. The number of aromatic nitrogens is 1. The Morgan fingerprint density at radius 3 is 2.69 bits per heavy atom. The number of ketones is 1. The highest BCUT2D eigenvalue weighted by atomic mass is 16.5. The smallest absolute Gasteiger partial charge is 0.276 e. The second kappa shape index (κ2) is 8.34. The van der Waals surface area contributed by atoms with Gasteiger partial charge in [-0.1, -0.05) is 5.16 Å². The number of benzene rings is 1. The minimum Gasteiger partial charge on any atom is -0.493 e. The predicted octanol–water partition coefficient (Wildman–Crippen LogP) is 1.77. The fourth-order valence-electron chi connectivity index (χ4n) is 3.07. The van der Waals surface area contributed by atoms with E-state index in [1.54, 1.807) is 37.1 Å². The number of carbonyl (C=O) groups is 3. The van der Waals surface area contributed by atoms with Crippen molar-refractivity contribution in [3.8, 4) is 11.5 Å². The Kier molecular flexibility index (Phi) is 5.86. The third-order valence-electron chi connectivity index (χ3n) is 4.86. The maximum absolute atomic E-state index is 12.7. The van der Waals surface area contributed by atoms with Gasteiger partial charge in [0.15, 0.2) is 28.7 Å². The quantitative estimate of drug-likeness (QED) is 0.680. The molecule has 1 aliphatic heterocycles. The zero-order chi connectivity index (χ0) is 21.1. The molecule has 9 nitrogen and oxygen atoms in total.